The smallest absolute Gasteiger partial charge is 0.317 e. The van der Waals surface area contributed by atoms with Gasteiger partial charge >= 0.3 is 6.03 Å². The Balaban J connectivity index is 1.34. The van der Waals surface area contributed by atoms with Crippen molar-refractivity contribution in [1.29, 1.82) is 0 Å². The zero-order valence-electron chi connectivity index (χ0n) is 15.1. The molecule has 1 aromatic rings. The number of amides is 2. The second-order valence-electron chi connectivity index (χ2n) is 7.78. The van der Waals surface area contributed by atoms with Crippen LogP contribution in [0, 0.1) is 5.92 Å². The summed E-state index contributed by atoms with van der Waals surface area (Å²) in [5, 5.41) is 3.30. The molecular weight excluding hydrogens is 314 g/mol. The molecule has 1 aromatic heterocycles. The number of likely N-dealkylation sites (tertiary alicyclic amines) is 2. The quantitative estimate of drug-likeness (QED) is 0.889. The maximum Gasteiger partial charge on any atom is 0.317 e. The average molecular weight is 343 g/mol. The van der Waals surface area contributed by atoms with Gasteiger partial charge in [0.15, 0.2) is 0 Å². The standard InChI is InChI=1S/C19H29N5O/c1-22-11-8-17-15(13-22)5-4-10-24(17)19(25)21-16-7-12-23(14-16)18-6-2-3-9-20-18/h2-3,6,9,15-17H,4-5,7-8,10-14H2,1H3,(H,21,25). The van der Waals surface area contributed by atoms with E-state index < -0.39 is 0 Å². The summed E-state index contributed by atoms with van der Waals surface area (Å²) < 4.78 is 0. The molecule has 2 amide bonds. The molecule has 0 saturated carbocycles. The van der Waals surface area contributed by atoms with Gasteiger partial charge in [-0.25, -0.2) is 9.78 Å². The van der Waals surface area contributed by atoms with Crippen LogP contribution < -0.4 is 10.2 Å². The van der Waals surface area contributed by atoms with E-state index in [1.165, 1.54) is 6.42 Å². The van der Waals surface area contributed by atoms with Gasteiger partial charge in [-0.3, -0.25) is 0 Å². The van der Waals surface area contributed by atoms with Gasteiger partial charge in [-0.1, -0.05) is 6.07 Å². The Labute approximate surface area is 150 Å². The van der Waals surface area contributed by atoms with Gasteiger partial charge in [0, 0.05) is 44.5 Å². The number of urea groups is 1. The highest BCUT2D eigenvalue weighted by molar-refractivity contribution is 5.75. The zero-order chi connectivity index (χ0) is 17.2. The summed E-state index contributed by atoms with van der Waals surface area (Å²) in [4.78, 5) is 24.1. The van der Waals surface area contributed by atoms with Crippen molar-refractivity contribution in [1.82, 2.24) is 20.1 Å². The van der Waals surface area contributed by atoms with E-state index in [9.17, 15) is 4.79 Å². The van der Waals surface area contributed by atoms with Gasteiger partial charge in [0.1, 0.15) is 5.82 Å². The summed E-state index contributed by atoms with van der Waals surface area (Å²) in [5.74, 6) is 1.65. The molecule has 136 valence electrons. The molecule has 3 aliphatic heterocycles. The molecule has 1 N–H and O–H groups in total. The van der Waals surface area contributed by atoms with Gasteiger partial charge < -0.3 is 20.0 Å². The van der Waals surface area contributed by atoms with Gasteiger partial charge in [-0.05, 0) is 57.3 Å². The van der Waals surface area contributed by atoms with Crippen LogP contribution in [0.5, 0.6) is 0 Å². The Morgan fingerprint density at radius 3 is 2.92 bits per heavy atom. The minimum absolute atomic E-state index is 0.145. The first-order valence-corrected chi connectivity index (χ1v) is 9.62. The van der Waals surface area contributed by atoms with Crippen molar-refractivity contribution in [3.8, 4) is 0 Å². The van der Waals surface area contributed by atoms with Crippen LogP contribution in [0.1, 0.15) is 25.7 Å². The molecule has 4 rings (SSSR count). The SMILES string of the molecule is CN1CCC2C(CCCN2C(=O)NC2CCN(c3ccccn3)C2)C1. The van der Waals surface area contributed by atoms with E-state index in [4.69, 9.17) is 0 Å². The number of carbonyl (C=O) groups is 1. The molecule has 0 aliphatic carbocycles. The Morgan fingerprint density at radius 1 is 1.16 bits per heavy atom. The van der Waals surface area contributed by atoms with Crippen LogP contribution in [-0.4, -0.2) is 72.7 Å². The second-order valence-corrected chi connectivity index (χ2v) is 7.78. The number of anilines is 1. The normalized spacial score (nSPS) is 30.2. The summed E-state index contributed by atoms with van der Waals surface area (Å²) >= 11 is 0. The number of carbonyl (C=O) groups excluding carboxylic acids is 1. The fourth-order valence-corrected chi connectivity index (χ4v) is 4.72. The highest BCUT2D eigenvalue weighted by Gasteiger charge is 2.38. The van der Waals surface area contributed by atoms with E-state index >= 15 is 0 Å². The van der Waals surface area contributed by atoms with Crippen LogP contribution in [0.2, 0.25) is 0 Å². The lowest BCUT2D eigenvalue weighted by Crippen LogP contribution is -2.58. The van der Waals surface area contributed by atoms with E-state index in [0.29, 0.717) is 12.0 Å². The van der Waals surface area contributed by atoms with Crippen molar-refractivity contribution < 1.29 is 4.79 Å². The molecule has 0 bridgehead atoms. The first-order valence-electron chi connectivity index (χ1n) is 9.62. The number of hydrogen-bond acceptors (Lipinski definition) is 4. The fraction of sp³-hybridized carbons (Fsp3) is 0.684. The van der Waals surface area contributed by atoms with E-state index in [1.54, 1.807) is 0 Å². The third kappa shape index (κ3) is 3.59. The van der Waals surface area contributed by atoms with Gasteiger partial charge in [-0.2, -0.15) is 0 Å². The Morgan fingerprint density at radius 2 is 2.08 bits per heavy atom. The van der Waals surface area contributed by atoms with Gasteiger partial charge in [0.25, 0.3) is 0 Å². The molecule has 6 nitrogen and oxygen atoms in total. The minimum atomic E-state index is 0.145. The zero-order valence-corrected chi connectivity index (χ0v) is 15.1. The van der Waals surface area contributed by atoms with Crippen LogP contribution in [0.3, 0.4) is 0 Å². The number of nitrogens with zero attached hydrogens (tertiary/aromatic N) is 4. The van der Waals surface area contributed by atoms with Crippen LogP contribution in [0.15, 0.2) is 24.4 Å². The number of pyridine rings is 1. The maximum atomic E-state index is 12.9. The second kappa shape index (κ2) is 7.20. The molecule has 0 aromatic carbocycles. The van der Waals surface area contributed by atoms with Crippen LogP contribution >= 0.6 is 0 Å². The van der Waals surface area contributed by atoms with Gasteiger partial charge in [0.05, 0.1) is 0 Å². The largest absolute Gasteiger partial charge is 0.354 e. The lowest BCUT2D eigenvalue weighted by Gasteiger charge is -2.46. The number of aromatic nitrogens is 1. The summed E-state index contributed by atoms with van der Waals surface area (Å²) in [6.45, 7) is 4.95. The van der Waals surface area contributed by atoms with Crippen LogP contribution in [-0.2, 0) is 0 Å². The number of rotatable bonds is 2. The van der Waals surface area contributed by atoms with E-state index in [2.05, 4.69) is 32.0 Å². The molecule has 3 atom stereocenters. The Kier molecular flexibility index (Phi) is 4.79. The third-order valence-electron chi connectivity index (χ3n) is 6.02. The Bertz CT molecular complexity index is 595. The number of hydrogen-bond donors (Lipinski definition) is 1. The van der Waals surface area contributed by atoms with Crippen LogP contribution in [0.25, 0.3) is 0 Å². The summed E-state index contributed by atoms with van der Waals surface area (Å²) in [7, 11) is 2.19. The van der Waals surface area contributed by atoms with Gasteiger partial charge in [-0.15, -0.1) is 0 Å². The average Bonchev–Trinajstić information content (AvgIpc) is 3.10. The van der Waals surface area contributed by atoms with E-state index in [0.717, 1.165) is 57.8 Å². The number of nitrogens with one attached hydrogen (secondary N) is 1. The molecule has 6 heteroatoms. The topological polar surface area (TPSA) is 51.7 Å². The molecule has 4 heterocycles. The maximum absolute atomic E-state index is 12.9. The highest BCUT2D eigenvalue weighted by Crippen LogP contribution is 2.30. The van der Waals surface area contributed by atoms with Crippen molar-refractivity contribution >= 4 is 11.8 Å². The third-order valence-corrected chi connectivity index (χ3v) is 6.02. The molecule has 3 fully saturated rings. The molecular formula is C19H29N5O. The molecule has 3 saturated heterocycles. The molecule has 0 radical (unpaired) electrons. The fourth-order valence-electron chi connectivity index (χ4n) is 4.72. The summed E-state index contributed by atoms with van der Waals surface area (Å²) in [5.41, 5.74) is 0. The number of piperidine rings is 2. The summed E-state index contributed by atoms with van der Waals surface area (Å²) in [6.07, 6.45) is 6.32. The molecule has 25 heavy (non-hydrogen) atoms. The van der Waals surface area contributed by atoms with Crippen molar-refractivity contribution in [2.24, 2.45) is 5.92 Å². The van der Waals surface area contributed by atoms with E-state index in [1.807, 2.05) is 24.4 Å². The van der Waals surface area contributed by atoms with Gasteiger partial charge in [0.2, 0.25) is 0 Å². The van der Waals surface area contributed by atoms with Crippen molar-refractivity contribution in [3.63, 3.8) is 0 Å². The first-order chi connectivity index (χ1) is 12.2. The van der Waals surface area contributed by atoms with Crippen molar-refractivity contribution in [2.75, 3.05) is 44.7 Å². The lowest BCUT2D eigenvalue weighted by atomic mass is 9.84. The van der Waals surface area contributed by atoms with E-state index in [-0.39, 0.29) is 12.1 Å². The van der Waals surface area contributed by atoms with Crippen molar-refractivity contribution in [3.05, 3.63) is 24.4 Å². The highest BCUT2D eigenvalue weighted by atomic mass is 16.2. The molecule has 3 unspecified atom stereocenters. The van der Waals surface area contributed by atoms with Crippen molar-refractivity contribution in [2.45, 2.75) is 37.8 Å². The first kappa shape index (κ1) is 16.6. The predicted molar refractivity (Wildman–Crippen MR) is 98.7 cm³/mol. The molecule has 0 spiro atoms. The number of fused-ring (bicyclic) bond motifs is 1. The predicted octanol–water partition coefficient (Wildman–Crippen LogP) is 1.79. The summed E-state index contributed by atoms with van der Waals surface area (Å²) in [6, 6.07) is 6.79. The monoisotopic (exact) mass is 343 g/mol. The molecule has 3 aliphatic rings. The van der Waals surface area contributed by atoms with Crippen LogP contribution in [0.4, 0.5) is 10.6 Å². The Hall–Kier alpha value is -1.82. The minimum Gasteiger partial charge on any atom is -0.354 e. The lowest BCUT2D eigenvalue weighted by molar-refractivity contribution is 0.0526.